The molecule has 4 rings (SSSR count). The van der Waals surface area contributed by atoms with E-state index < -0.39 is 0 Å². The maximum Gasteiger partial charge on any atom is 0.180 e. The van der Waals surface area contributed by atoms with Gasteiger partial charge in [-0.2, -0.15) is 0 Å². The third kappa shape index (κ3) is 10.9. The highest BCUT2D eigenvalue weighted by Crippen LogP contribution is 1.85. The molecule has 0 unspecified atom stereocenters. The van der Waals surface area contributed by atoms with Gasteiger partial charge in [0.05, 0.1) is 31.1 Å². The number of thiazole rings is 1. The Morgan fingerprint density at radius 3 is 2.30 bits per heavy atom. The largest absolute Gasteiger partial charge is 0.482 e. The molecular formula is C12H17N5O2S. The van der Waals surface area contributed by atoms with Crippen LogP contribution < -0.4 is 5.32 Å². The zero-order valence-corrected chi connectivity index (χ0v) is 11.8. The van der Waals surface area contributed by atoms with Crippen LogP contribution in [0.4, 0.5) is 0 Å². The molecule has 0 saturated heterocycles. The summed E-state index contributed by atoms with van der Waals surface area (Å²) in [7, 11) is 0. The van der Waals surface area contributed by atoms with Crippen LogP contribution in [0.3, 0.4) is 0 Å². The first-order valence-corrected chi connectivity index (χ1v) is 6.90. The summed E-state index contributed by atoms with van der Waals surface area (Å²) >= 11 is 1.60. The van der Waals surface area contributed by atoms with Crippen molar-refractivity contribution in [1.29, 1.82) is 0 Å². The molecule has 108 valence electrons. The summed E-state index contributed by atoms with van der Waals surface area (Å²) in [6.07, 6.45) is 9.46. The lowest BCUT2D eigenvalue weighted by atomic mass is 10.7. The van der Waals surface area contributed by atoms with Crippen LogP contribution >= 0.6 is 11.3 Å². The molecule has 20 heavy (non-hydrogen) atoms. The Bertz CT molecular complexity index is 342. The molecule has 0 spiro atoms. The number of aromatic nitrogens is 2. The molecule has 2 aliphatic rings. The van der Waals surface area contributed by atoms with Gasteiger partial charge in [-0.05, 0) is 0 Å². The second-order valence-electron chi connectivity index (χ2n) is 3.22. The summed E-state index contributed by atoms with van der Waals surface area (Å²) in [6, 6.07) is 0. The highest BCUT2D eigenvalue weighted by Gasteiger charge is 1.84. The lowest BCUT2D eigenvalue weighted by molar-refractivity contribution is 0.361. The molecule has 2 aromatic rings. The van der Waals surface area contributed by atoms with E-state index in [1.54, 1.807) is 35.6 Å². The number of hydrogen-bond donors (Lipinski definition) is 1. The normalized spacial score (nSPS) is 13.6. The predicted molar refractivity (Wildman–Crippen MR) is 79.3 cm³/mol. The average molecular weight is 295 g/mol. The molecule has 0 aromatic carbocycles. The van der Waals surface area contributed by atoms with E-state index in [-0.39, 0.29) is 0 Å². The SMILES string of the molecule is C1=NCCN1.C1=NCCO1.c1cocn1.c1cscn1. The van der Waals surface area contributed by atoms with E-state index in [0.29, 0.717) is 0 Å². The van der Waals surface area contributed by atoms with Gasteiger partial charge in [-0.3, -0.25) is 15.0 Å². The van der Waals surface area contributed by atoms with Gasteiger partial charge in [-0.15, -0.1) is 11.3 Å². The fourth-order valence-corrected chi connectivity index (χ4v) is 1.29. The van der Waals surface area contributed by atoms with Crippen LogP contribution in [0.5, 0.6) is 0 Å². The fraction of sp³-hybridized carbons (Fsp3) is 0.333. The number of rotatable bonds is 0. The number of oxazole rings is 1. The second-order valence-corrected chi connectivity index (χ2v) is 3.98. The Morgan fingerprint density at radius 1 is 1.10 bits per heavy atom. The Hall–Kier alpha value is -2.22. The van der Waals surface area contributed by atoms with Gasteiger partial charge in [-0.25, -0.2) is 4.98 Å². The van der Waals surface area contributed by atoms with Crippen LogP contribution in [0.1, 0.15) is 0 Å². The van der Waals surface area contributed by atoms with Crippen LogP contribution in [0, 0.1) is 0 Å². The average Bonchev–Trinajstić information content (AvgIpc) is 3.40. The van der Waals surface area contributed by atoms with E-state index in [4.69, 9.17) is 0 Å². The van der Waals surface area contributed by atoms with Crippen LogP contribution in [0.2, 0.25) is 0 Å². The van der Waals surface area contributed by atoms with Gasteiger partial charge < -0.3 is 14.5 Å². The standard InChI is InChI=1S/C3H6N2.C3H5NO.C3H3NO.C3H3NS/c4*1-2-5-3-4-1/h3H,1-2H2,(H,4,5);3H,1-2H2;2*1-3H. The highest BCUT2D eigenvalue weighted by atomic mass is 32.1. The highest BCUT2D eigenvalue weighted by molar-refractivity contribution is 7.07. The smallest absolute Gasteiger partial charge is 0.180 e. The first kappa shape index (κ1) is 15.8. The maximum atomic E-state index is 4.65. The minimum Gasteiger partial charge on any atom is -0.482 e. The molecule has 1 N–H and O–H groups in total. The van der Waals surface area contributed by atoms with Crippen LogP contribution in [-0.2, 0) is 4.74 Å². The lowest BCUT2D eigenvalue weighted by Gasteiger charge is -1.76. The number of aliphatic imine (C=N–C) groups is 2. The molecular weight excluding hydrogens is 278 g/mol. The Kier molecular flexibility index (Phi) is 10.5. The molecule has 8 heteroatoms. The summed E-state index contributed by atoms with van der Waals surface area (Å²) < 4.78 is 9.12. The number of nitrogens with one attached hydrogen (secondary N) is 1. The van der Waals surface area contributed by atoms with E-state index in [9.17, 15) is 0 Å². The van der Waals surface area contributed by atoms with Crippen molar-refractivity contribution in [2.75, 3.05) is 26.2 Å². The quantitative estimate of drug-likeness (QED) is 0.795. The Balaban J connectivity index is 0.000000133. The predicted octanol–water partition coefficient (Wildman–Crippen LogP) is 1.48. The minimum atomic E-state index is 0.778. The monoisotopic (exact) mass is 295 g/mol. The molecule has 0 aliphatic carbocycles. The summed E-state index contributed by atoms with van der Waals surface area (Å²) in [5.74, 6) is 0. The molecule has 2 aliphatic heterocycles. The van der Waals surface area contributed by atoms with Crippen molar-refractivity contribution < 1.29 is 9.15 Å². The topological polar surface area (TPSA) is 84.9 Å². The molecule has 0 atom stereocenters. The van der Waals surface area contributed by atoms with Gasteiger partial charge in [0.1, 0.15) is 12.9 Å². The molecule has 0 saturated carbocycles. The van der Waals surface area contributed by atoms with Crippen molar-refractivity contribution in [3.05, 3.63) is 35.9 Å². The van der Waals surface area contributed by atoms with Gasteiger partial charge in [0.2, 0.25) is 0 Å². The van der Waals surface area contributed by atoms with Crippen LogP contribution in [0.25, 0.3) is 0 Å². The van der Waals surface area contributed by atoms with E-state index in [1.807, 2.05) is 5.38 Å². The van der Waals surface area contributed by atoms with E-state index in [1.165, 1.54) is 19.1 Å². The summed E-state index contributed by atoms with van der Waals surface area (Å²) in [4.78, 5) is 14.9. The summed E-state index contributed by atoms with van der Waals surface area (Å²) in [5, 5.41) is 4.86. The van der Waals surface area contributed by atoms with Gasteiger partial charge >= 0.3 is 0 Å². The zero-order chi connectivity index (χ0) is 14.1. The second kappa shape index (κ2) is 13.2. The minimum absolute atomic E-state index is 0.778. The third-order valence-corrected chi connectivity index (χ3v) is 2.27. The number of ether oxygens (including phenoxy) is 1. The van der Waals surface area contributed by atoms with Gasteiger partial charge in [0.25, 0.3) is 0 Å². The molecule has 0 fully saturated rings. The van der Waals surface area contributed by atoms with Crippen molar-refractivity contribution in [1.82, 2.24) is 15.3 Å². The maximum absolute atomic E-state index is 4.65. The van der Waals surface area contributed by atoms with Crippen LogP contribution in [0.15, 0.2) is 50.3 Å². The van der Waals surface area contributed by atoms with Gasteiger partial charge in [0, 0.05) is 18.1 Å². The number of nitrogens with zero attached hydrogens (tertiary/aromatic N) is 4. The molecule has 2 aromatic heterocycles. The van der Waals surface area contributed by atoms with Crippen molar-refractivity contribution in [2.24, 2.45) is 9.98 Å². The van der Waals surface area contributed by atoms with Crippen LogP contribution in [-0.4, -0.2) is 48.9 Å². The van der Waals surface area contributed by atoms with Crippen molar-refractivity contribution in [3.8, 4) is 0 Å². The molecule has 0 amide bonds. The Labute approximate surface area is 121 Å². The van der Waals surface area contributed by atoms with Gasteiger partial charge in [0.15, 0.2) is 12.8 Å². The third-order valence-electron chi connectivity index (χ3n) is 1.75. The van der Waals surface area contributed by atoms with E-state index in [0.717, 1.165) is 26.2 Å². The molecule has 0 bridgehead atoms. The summed E-state index contributed by atoms with van der Waals surface area (Å²) in [6.45, 7) is 3.61. The first-order valence-electron chi connectivity index (χ1n) is 5.96. The fourth-order valence-electron chi connectivity index (χ4n) is 0.938. The van der Waals surface area contributed by atoms with E-state index >= 15 is 0 Å². The number of hydrogen-bond acceptors (Lipinski definition) is 8. The lowest BCUT2D eigenvalue weighted by Crippen LogP contribution is -2.04. The molecule has 4 heterocycles. The van der Waals surface area contributed by atoms with Crippen molar-refractivity contribution in [2.45, 2.75) is 0 Å². The van der Waals surface area contributed by atoms with Gasteiger partial charge in [-0.1, -0.05) is 0 Å². The first-order chi connectivity index (χ1) is 10.0. The van der Waals surface area contributed by atoms with Crippen molar-refractivity contribution >= 4 is 24.1 Å². The van der Waals surface area contributed by atoms with Crippen molar-refractivity contribution in [3.63, 3.8) is 0 Å². The molecule has 0 radical (unpaired) electrons. The molecule has 7 nitrogen and oxygen atoms in total. The zero-order valence-electron chi connectivity index (χ0n) is 11.0. The summed E-state index contributed by atoms with van der Waals surface area (Å²) in [5.41, 5.74) is 1.79. The Morgan fingerprint density at radius 2 is 2.10 bits per heavy atom. The van der Waals surface area contributed by atoms with E-state index in [2.05, 4.69) is 34.4 Å².